The molecule has 0 radical (unpaired) electrons. The first kappa shape index (κ1) is 22.2. The second-order valence-corrected chi connectivity index (χ2v) is 6.40. The molecule has 0 aliphatic heterocycles. The summed E-state index contributed by atoms with van der Waals surface area (Å²) in [5.74, 6) is -0.423. The Kier molecular flexibility index (Phi) is 7.26. The summed E-state index contributed by atoms with van der Waals surface area (Å²) in [6.45, 7) is 2.15. The minimum atomic E-state index is -0.545. The highest BCUT2D eigenvalue weighted by molar-refractivity contribution is 5.95. The third-order valence-corrected chi connectivity index (χ3v) is 4.20. The van der Waals surface area contributed by atoms with Crippen LogP contribution in [0.15, 0.2) is 77.9 Å². The lowest BCUT2D eigenvalue weighted by atomic mass is 10.2. The first-order valence-corrected chi connectivity index (χ1v) is 9.60. The standard InChI is InChI=1S/C23H19N3O6/c1-2-31-21-14-16(8-13-20(21)32-23(28)18-6-4-3-5-7-18)15-24-25-22(27)17-9-11-19(12-10-17)26(29)30/h3-15H,2H2,1H3,(H,25,27)/b24-15-. The summed E-state index contributed by atoms with van der Waals surface area (Å²) >= 11 is 0. The van der Waals surface area contributed by atoms with Crippen molar-refractivity contribution in [1.82, 2.24) is 5.43 Å². The number of nitro benzene ring substituents is 1. The molecule has 3 aromatic rings. The van der Waals surface area contributed by atoms with Gasteiger partial charge in [-0.25, -0.2) is 10.2 Å². The minimum absolute atomic E-state index is 0.110. The van der Waals surface area contributed by atoms with Crippen LogP contribution in [0.3, 0.4) is 0 Å². The van der Waals surface area contributed by atoms with E-state index in [0.717, 1.165) is 0 Å². The lowest BCUT2D eigenvalue weighted by molar-refractivity contribution is -0.384. The Bertz CT molecular complexity index is 1140. The molecule has 3 rings (SSSR count). The Morgan fingerprint density at radius 1 is 1.00 bits per heavy atom. The Hall–Kier alpha value is -4.53. The highest BCUT2D eigenvalue weighted by Crippen LogP contribution is 2.29. The Labute approximate surface area is 183 Å². The molecule has 0 saturated heterocycles. The second-order valence-electron chi connectivity index (χ2n) is 6.40. The van der Waals surface area contributed by atoms with E-state index in [2.05, 4.69) is 10.5 Å². The minimum Gasteiger partial charge on any atom is -0.490 e. The number of esters is 1. The SMILES string of the molecule is CCOc1cc(/C=N\NC(=O)c2ccc([N+](=O)[O-])cc2)ccc1OC(=O)c1ccccc1. The number of non-ortho nitro benzene ring substituents is 1. The smallest absolute Gasteiger partial charge is 0.343 e. The maximum atomic E-state index is 12.3. The number of carbonyl (C=O) groups is 2. The van der Waals surface area contributed by atoms with E-state index in [9.17, 15) is 19.7 Å². The van der Waals surface area contributed by atoms with Crippen LogP contribution in [0.25, 0.3) is 0 Å². The van der Waals surface area contributed by atoms with Gasteiger partial charge in [-0.1, -0.05) is 18.2 Å². The van der Waals surface area contributed by atoms with Gasteiger partial charge in [-0.3, -0.25) is 14.9 Å². The Balaban J connectivity index is 1.68. The summed E-state index contributed by atoms with van der Waals surface area (Å²) in [6, 6.07) is 18.6. The van der Waals surface area contributed by atoms with Crippen molar-refractivity contribution in [2.75, 3.05) is 6.61 Å². The highest BCUT2D eigenvalue weighted by atomic mass is 16.6. The topological polar surface area (TPSA) is 120 Å². The number of benzene rings is 3. The fraction of sp³-hybridized carbons (Fsp3) is 0.0870. The van der Waals surface area contributed by atoms with Crippen molar-refractivity contribution >= 4 is 23.8 Å². The van der Waals surface area contributed by atoms with Gasteiger partial charge in [0.15, 0.2) is 11.5 Å². The van der Waals surface area contributed by atoms with E-state index in [0.29, 0.717) is 23.5 Å². The van der Waals surface area contributed by atoms with E-state index in [4.69, 9.17) is 9.47 Å². The summed E-state index contributed by atoms with van der Waals surface area (Å²) in [5, 5.41) is 14.6. The van der Waals surface area contributed by atoms with Crippen molar-refractivity contribution in [3.8, 4) is 11.5 Å². The molecule has 32 heavy (non-hydrogen) atoms. The summed E-state index contributed by atoms with van der Waals surface area (Å²) in [6.07, 6.45) is 1.40. The molecule has 0 aliphatic rings. The lowest BCUT2D eigenvalue weighted by Gasteiger charge is -2.11. The largest absolute Gasteiger partial charge is 0.490 e. The summed E-state index contributed by atoms with van der Waals surface area (Å²) in [7, 11) is 0. The molecule has 0 unspecified atom stereocenters. The second kappa shape index (κ2) is 10.5. The van der Waals surface area contributed by atoms with Crippen LogP contribution < -0.4 is 14.9 Å². The predicted molar refractivity (Wildman–Crippen MR) is 117 cm³/mol. The molecule has 0 heterocycles. The van der Waals surface area contributed by atoms with Crippen LogP contribution in [-0.4, -0.2) is 29.6 Å². The lowest BCUT2D eigenvalue weighted by Crippen LogP contribution is -2.17. The van der Waals surface area contributed by atoms with Crippen molar-refractivity contribution in [3.05, 3.63) is 99.6 Å². The summed E-state index contributed by atoms with van der Waals surface area (Å²) in [5.41, 5.74) is 3.47. The van der Waals surface area contributed by atoms with Crippen LogP contribution in [0.4, 0.5) is 5.69 Å². The van der Waals surface area contributed by atoms with Crippen molar-refractivity contribution in [2.24, 2.45) is 5.10 Å². The van der Waals surface area contributed by atoms with E-state index in [1.54, 1.807) is 55.5 Å². The van der Waals surface area contributed by atoms with Crippen molar-refractivity contribution < 1.29 is 24.0 Å². The van der Waals surface area contributed by atoms with E-state index in [1.807, 2.05) is 0 Å². The molecule has 9 nitrogen and oxygen atoms in total. The van der Waals surface area contributed by atoms with Gasteiger partial charge in [0.2, 0.25) is 0 Å². The van der Waals surface area contributed by atoms with Gasteiger partial charge in [0.1, 0.15) is 0 Å². The zero-order valence-corrected chi connectivity index (χ0v) is 17.1. The zero-order chi connectivity index (χ0) is 22.9. The first-order valence-electron chi connectivity index (χ1n) is 9.60. The van der Waals surface area contributed by atoms with Crippen LogP contribution >= 0.6 is 0 Å². The zero-order valence-electron chi connectivity index (χ0n) is 17.1. The van der Waals surface area contributed by atoms with Gasteiger partial charge in [0, 0.05) is 17.7 Å². The number of nitro groups is 1. The average Bonchev–Trinajstić information content (AvgIpc) is 2.81. The molecule has 9 heteroatoms. The first-order chi connectivity index (χ1) is 15.5. The fourth-order valence-electron chi connectivity index (χ4n) is 2.66. The quantitative estimate of drug-likeness (QED) is 0.189. The number of hydrogen-bond acceptors (Lipinski definition) is 7. The molecule has 1 N–H and O–H groups in total. The Morgan fingerprint density at radius 3 is 2.38 bits per heavy atom. The molecule has 1 amide bonds. The van der Waals surface area contributed by atoms with Crippen LogP contribution in [0, 0.1) is 10.1 Å². The molecule has 0 aliphatic carbocycles. The summed E-state index contributed by atoms with van der Waals surface area (Å²) in [4.78, 5) is 34.6. The van der Waals surface area contributed by atoms with E-state index in [-0.39, 0.29) is 17.0 Å². The molecule has 0 saturated carbocycles. The third-order valence-electron chi connectivity index (χ3n) is 4.20. The van der Waals surface area contributed by atoms with Gasteiger partial charge < -0.3 is 9.47 Å². The van der Waals surface area contributed by atoms with Crippen molar-refractivity contribution in [1.29, 1.82) is 0 Å². The van der Waals surface area contributed by atoms with Crippen LogP contribution in [0.1, 0.15) is 33.2 Å². The molecule has 0 spiro atoms. The molecule has 0 bridgehead atoms. The predicted octanol–water partition coefficient (Wildman–Crippen LogP) is 3.98. The van der Waals surface area contributed by atoms with Gasteiger partial charge in [-0.05, 0) is 55.0 Å². The number of nitrogens with zero attached hydrogens (tertiary/aromatic N) is 2. The molecule has 0 atom stereocenters. The van der Waals surface area contributed by atoms with E-state index in [1.165, 1.54) is 30.5 Å². The van der Waals surface area contributed by atoms with Gasteiger partial charge in [0.05, 0.1) is 23.3 Å². The Morgan fingerprint density at radius 2 is 1.72 bits per heavy atom. The number of amides is 1. The number of rotatable bonds is 8. The number of hydrazone groups is 1. The van der Waals surface area contributed by atoms with Gasteiger partial charge in [-0.2, -0.15) is 5.10 Å². The van der Waals surface area contributed by atoms with Crippen molar-refractivity contribution in [2.45, 2.75) is 6.92 Å². The monoisotopic (exact) mass is 433 g/mol. The molecular formula is C23H19N3O6. The van der Waals surface area contributed by atoms with Gasteiger partial charge in [-0.15, -0.1) is 0 Å². The highest BCUT2D eigenvalue weighted by Gasteiger charge is 2.13. The fourth-order valence-corrected chi connectivity index (χ4v) is 2.66. The average molecular weight is 433 g/mol. The number of hydrogen-bond donors (Lipinski definition) is 1. The van der Waals surface area contributed by atoms with Gasteiger partial charge >= 0.3 is 5.97 Å². The van der Waals surface area contributed by atoms with Crippen LogP contribution in [-0.2, 0) is 0 Å². The van der Waals surface area contributed by atoms with Gasteiger partial charge in [0.25, 0.3) is 11.6 Å². The maximum absolute atomic E-state index is 12.3. The molecular weight excluding hydrogens is 414 g/mol. The van der Waals surface area contributed by atoms with E-state index < -0.39 is 16.8 Å². The number of ether oxygens (including phenoxy) is 2. The molecule has 162 valence electrons. The third kappa shape index (κ3) is 5.76. The summed E-state index contributed by atoms with van der Waals surface area (Å²) < 4.78 is 11.0. The maximum Gasteiger partial charge on any atom is 0.343 e. The number of carbonyl (C=O) groups excluding carboxylic acids is 2. The number of nitrogens with one attached hydrogen (secondary N) is 1. The van der Waals surface area contributed by atoms with Crippen LogP contribution in [0.5, 0.6) is 11.5 Å². The molecule has 3 aromatic carbocycles. The van der Waals surface area contributed by atoms with Crippen LogP contribution in [0.2, 0.25) is 0 Å². The molecule has 0 aromatic heterocycles. The van der Waals surface area contributed by atoms with E-state index >= 15 is 0 Å². The van der Waals surface area contributed by atoms with Crippen molar-refractivity contribution in [3.63, 3.8) is 0 Å². The normalized spacial score (nSPS) is 10.5. The molecule has 0 fully saturated rings.